The Morgan fingerprint density at radius 1 is 1.18 bits per heavy atom. The van der Waals surface area contributed by atoms with E-state index >= 15 is 4.39 Å². The number of carbonyl (C=O) groups excluding carboxylic acids is 3. The number of rotatable bonds is 14. The van der Waals surface area contributed by atoms with E-state index in [4.69, 9.17) is 10.5 Å². The molecule has 2 saturated heterocycles. The van der Waals surface area contributed by atoms with Gasteiger partial charge in [-0.1, -0.05) is 6.07 Å². The SMILES string of the molecule is CC(=O)NC[C@H]1CN(c2ccc(-c3cccc(C(=O)NCCCNCCCNC4(N)CN4)n3)c(F)c2)C(=O)O1. The summed E-state index contributed by atoms with van der Waals surface area (Å²) >= 11 is 0. The highest BCUT2D eigenvalue weighted by Crippen LogP contribution is 2.28. The van der Waals surface area contributed by atoms with Crippen molar-refractivity contribution in [3.63, 3.8) is 0 Å². The molecule has 39 heavy (non-hydrogen) atoms. The average molecular weight is 543 g/mol. The zero-order valence-corrected chi connectivity index (χ0v) is 21.9. The van der Waals surface area contributed by atoms with E-state index < -0.39 is 18.0 Å². The monoisotopic (exact) mass is 542 g/mol. The first kappa shape index (κ1) is 28.4. The Kier molecular flexibility index (Phi) is 9.41. The number of hydrogen-bond donors (Lipinski definition) is 6. The van der Waals surface area contributed by atoms with Gasteiger partial charge in [-0.25, -0.2) is 14.2 Å². The molecular weight excluding hydrogens is 507 g/mol. The van der Waals surface area contributed by atoms with E-state index in [0.717, 1.165) is 39.0 Å². The molecule has 3 amide bonds. The van der Waals surface area contributed by atoms with Crippen molar-refractivity contribution in [2.24, 2.45) is 5.73 Å². The van der Waals surface area contributed by atoms with Gasteiger partial charge in [0.1, 0.15) is 23.4 Å². The summed E-state index contributed by atoms with van der Waals surface area (Å²) in [5.74, 6) is -1.54. The Balaban J connectivity index is 1.24. The lowest BCUT2D eigenvalue weighted by Gasteiger charge is -2.14. The van der Waals surface area contributed by atoms with Gasteiger partial charge in [-0.3, -0.25) is 30.9 Å². The topological polar surface area (TPSA) is 173 Å². The fourth-order valence-corrected chi connectivity index (χ4v) is 4.06. The Hall–Kier alpha value is -3.65. The number of hydrogen-bond acceptors (Lipinski definition) is 9. The number of nitrogens with one attached hydrogen (secondary N) is 5. The molecule has 1 unspecified atom stereocenters. The fraction of sp³-hybridized carbons (Fsp3) is 0.462. The third kappa shape index (κ3) is 8.17. The molecule has 4 rings (SSSR count). The maximum Gasteiger partial charge on any atom is 0.414 e. The number of pyridine rings is 1. The summed E-state index contributed by atoms with van der Waals surface area (Å²) in [5, 5.41) is 15.0. The van der Waals surface area contributed by atoms with Crippen LogP contribution in [0.4, 0.5) is 14.9 Å². The summed E-state index contributed by atoms with van der Waals surface area (Å²) < 4.78 is 20.3. The average Bonchev–Trinajstić information content (AvgIpc) is 3.53. The van der Waals surface area contributed by atoms with Crippen molar-refractivity contribution in [1.82, 2.24) is 31.6 Å². The molecule has 2 aliphatic heterocycles. The van der Waals surface area contributed by atoms with Crippen molar-refractivity contribution >= 4 is 23.6 Å². The number of nitrogens with zero attached hydrogens (tertiary/aromatic N) is 2. The number of anilines is 1. The van der Waals surface area contributed by atoms with Gasteiger partial charge in [0, 0.05) is 25.6 Å². The number of halogens is 1. The Morgan fingerprint density at radius 3 is 2.67 bits per heavy atom. The predicted molar refractivity (Wildman–Crippen MR) is 143 cm³/mol. The molecule has 0 spiro atoms. The van der Waals surface area contributed by atoms with Gasteiger partial charge in [0.2, 0.25) is 5.91 Å². The Bertz CT molecular complexity index is 1190. The molecular formula is C26H35FN8O4. The summed E-state index contributed by atoms with van der Waals surface area (Å²) in [5.41, 5.74) is 6.89. The third-order valence-electron chi connectivity index (χ3n) is 6.32. The number of nitrogens with two attached hydrogens (primary N) is 1. The van der Waals surface area contributed by atoms with Gasteiger partial charge in [-0.2, -0.15) is 0 Å². The molecule has 3 heterocycles. The number of benzene rings is 1. The first-order valence-electron chi connectivity index (χ1n) is 13.0. The van der Waals surface area contributed by atoms with Crippen LogP contribution in [0, 0.1) is 5.82 Å². The second kappa shape index (κ2) is 12.9. The number of aromatic nitrogens is 1. The maximum absolute atomic E-state index is 15.1. The number of amides is 3. The van der Waals surface area contributed by atoms with Gasteiger partial charge in [0.25, 0.3) is 5.91 Å². The first-order chi connectivity index (χ1) is 18.7. The molecule has 210 valence electrons. The van der Waals surface area contributed by atoms with Crippen LogP contribution in [-0.2, 0) is 9.53 Å². The summed E-state index contributed by atoms with van der Waals surface area (Å²) in [4.78, 5) is 41.6. The van der Waals surface area contributed by atoms with Gasteiger partial charge in [0.05, 0.1) is 24.5 Å². The van der Waals surface area contributed by atoms with Crippen LogP contribution in [0.5, 0.6) is 0 Å². The van der Waals surface area contributed by atoms with E-state index in [1.807, 2.05) is 0 Å². The van der Waals surface area contributed by atoms with E-state index in [1.165, 1.54) is 24.0 Å². The number of ether oxygens (including phenoxy) is 1. The van der Waals surface area contributed by atoms with Crippen LogP contribution in [0.3, 0.4) is 0 Å². The molecule has 7 N–H and O–H groups in total. The normalized spacial score (nSPS) is 20.0. The second-order valence-electron chi connectivity index (χ2n) is 9.59. The molecule has 2 aromatic rings. The lowest BCUT2D eigenvalue weighted by Crippen LogP contribution is -2.45. The molecule has 1 aromatic carbocycles. The summed E-state index contributed by atoms with van der Waals surface area (Å²) in [6, 6.07) is 9.17. The van der Waals surface area contributed by atoms with Gasteiger partial charge in [-0.05, 0) is 62.8 Å². The smallest absolute Gasteiger partial charge is 0.414 e. The first-order valence-corrected chi connectivity index (χ1v) is 13.0. The minimum atomic E-state index is -0.614. The lowest BCUT2D eigenvalue weighted by atomic mass is 10.1. The summed E-state index contributed by atoms with van der Waals surface area (Å²) in [6.07, 6.45) is 0.560. The zero-order valence-electron chi connectivity index (χ0n) is 21.9. The van der Waals surface area contributed by atoms with Gasteiger partial charge < -0.3 is 20.7 Å². The summed E-state index contributed by atoms with van der Waals surface area (Å²) in [6.45, 7) is 5.44. The minimum Gasteiger partial charge on any atom is -0.442 e. The van der Waals surface area contributed by atoms with Crippen molar-refractivity contribution in [3.05, 3.63) is 47.9 Å². The Morgan fingerprint density at radius 2 is 1.95 bits per heavy atom. The fourth-order valence-electron chi connectivity index (χ4n) is 4.06. The third-order valence-corrected chi connectivity index (χ3v) is 6.32. The molecule has 0 aliphatic carbocycles. The molecule has 2 fully saturated rings. The van der Waals surface area contributed by atoms with Crippen molar-refractivity contribution in [2.45, 2.75) is 31.7 Å². The molecule has 13 heteroatoms. The van der Waals surface area contributed by atoms with Crippen molar-refractivity contribution in [1.29, 1.82) is 0 Å². The molecule has 12 nitrogen and oxygen atoms in total. The highest BCUT2D eigenvalue weighted by molar-refractivity contribution is 5.93. The zero-order chi connectivity index (χ0) is 27.8. The van der Waals surface area contributed by atoms with Crippen LogP contribution in [0.25, 0.3) is 11.3 Å². The molecule has 1 aromatic heterocycles. The van der Waals surface area contributed by atoms with E-state index in [0.29, 0.717) is 17.9 Å². The highest BCUT2D eigenvalue weighted by atomic mass is 19.1. The van der Waals surface area contributed by atoms with Crippen LogP contribution in [-0.4, -0.2) is 80.6 Å². The van der Waals surface area contributed by atoms with E-state index in [1.54, 1.807) is 24.3 Å². The number of carbonyl (C=O) groups is 3. The van der Waals surface area contributed by atoms with Crippen LogP contribution in [0.2, 0.25) is 0 Å². The minimum absolute atomic E-state index is 0.180. The standard InChI is InChI=1S/C26H35FN8O4/c1-17(36)31-14-19-15-35(25(38)39-19)18-7-8-20(21(27)13-18)22-5-2-6-23(34-22)24(37)30-11-3-9-29-10-4-12-32-26(28)16-33-26/h2,5-8,13,19,29,32-33H,3-4,9-12,14-16,28H2,1H3,(H,30,37)(H,31,36)/t19-,26?/m0/s1. The maximum atomic E-state index is 15.1. The quantitative estimate of drug-likeness (QED) is 0.111. The van der Waals surface area contributed by atoms with E-state index in [2.05, 4.69) is 31.6 Å². The van der Waals surface area contributed by atoms with Gasteiger partial charge in [0.15, 0.2) is 0 Å². The molecule has 0 saturated carbocycles. The molecule has 2 atom stereocenters. The van der Waals surface area contributed by atoms with Gasteiger partial charge in [-0.15, -0.1) is 0 Å². The van der Waals surface area contributed by atoms with Crippen molar-refractivity contribution in [2.75, 3.05) is 50.7 Å². The van der Waals surface area contributed by atoms with Gasteiger partial charge >= 0.3 is 6.09 Å². The second-order valence-corrected chi connectivity index (χ2v) is 9.59. The lowest BCUT2D eigenvalue weighted by molar-refractivity contribution is -0.119. The van der Waals surface area contributed by atoms with Crippen LogP contribution < -0.4 is 37.2 Å². The Labute approximate surface area is 226 Å². The number of cyclic esters (lactones) is 1. The molecule has 0 bridgehead atoms. The van der Waals surface area contributed by atoms with E-state index in [-0.39, 0.29) is 41.9 Å². The summed E-state index contributed by atoms with van der Waals surface area (Å²) in [7, 11) is 0. The van der Waals surface area contributed by atoms with Crippen LogP contribution in [0.1, 0.15) is 30.3 Å². The molecule has 0 radical (unpaired) electrons. The van der Waals surface area contributed by atoms with Crippen molar-refractivity contribution < 1.29 is 23.5 Å². The highest BCUT2D eigenvalue weighted by Gasteiger charge is 2.36. The largest absolute Gasteiger partial charge is 0.442 e. The van der Waals surface area contributed by atoms with E-state index in [9.17, 15) is 14.4 Å². The van der Waals surface area contributed by atoms with Crippen LogP contribution >= 0.6 is 0 Å². The predicted octanol–water partition coefficient (Wildman–Crippen LogP) is 0.254. The van der Waals surface area contributed by atoms with Crippen molar-refractivity contribution in [3.8, 4) is 11.3 Å². The van der Waals surface area contributed by atoms with Crippen LogP contribution in [0.15, 0.2) is 36.4 Å². The molecule has 2 aliphatic rings.